The molecular formula is C16H18N2O3. The van der Waals surface area contributed by atoms with E-state index in [0.717, 1.165) is 5.56 Å². The fraction of sp³-hybridized carbons (Fsp3) is 0.312. The fourth-order valence-electron chi connectivity index (χ4n) is 1.76. The Kier molecular flexibility index (Phi) is 6.15. The van der Waals surface area contributed by atoms with Gasteiger partial charge in [0.2, 0.25) is 5.91 Å². The second kappa shape index (κ2) is 7.85. The Balaban J connectivity index is 2.80. The monoisotopic (exact) mass is 286 g/mol. The van der Waals surface area contributed by atoms with Crippen LogP contribution in [0.1, 0.15) is 25.8 Å². The first-order valence-corrected chi connectivity index (χ1v) is 6.62. The summed E-state index contributed by atoms with van der Waals surface area (Å²) in [5.41, 5.74) is 1.93. The molecule has 1 amide bonds. The summed E-state index contributed by atoms with van der Waals surface area (Å²) >= 11 is 0. The van der Waals surface area contributed by atoms with Crippen molar-refractivity contribution in [1.29, 1.82) is 5.26 Å². The molecule has 0 aliphatic carbocycles. The molecule has 1 aromatic carbocycles. The molecule has 0 heterocycles. The second-order valence-electron chi connectivity index (χ2n) is 4.53. The van der Waals surface area contributed by atoms with E-state index in [9.17, 15) is 9.59 Å². The smallest absolute Gasteiger partial charge is 0.348 e. The Bertz CT molecular complexity index is 612. The first kappa shape index (κ1) is 16.4. The van der Waals surface area contributed by atoms with Crippen LogP contribution in [-0.4, -0.2) is 18.5 Å². The van der Waals surface area contributed by atoms with E-state index in [1.54, 1.807) is 26.0 Å². The van der Waals surface area contributed by atoms with Gasteiger partial charge < -0.3 is 10.1 Å². The number of aryl methyl sites for hydroxylation is 1. The Morgan fingerprint density at radius 1 is 1.33 bits per heavy atom. The SMILES string of the molecule is CCOC(=O)/C(C#N)=C(/C)CC(=O)Nc1ccccc1C. The molecule has 0 saturated carbocycles. The van der Waals surface area contributed by atoms with Crippen LogP contribution in [0.15, 0.2) is 35.4 Å². The summed E-state index contributed by atoms with van der Waals surface area (Å²) in [4.78, 5) is 23.5. The predicted molar refractivity (Wildman–Crippen MR) is 79.4 cm³/mol. The summed E-state index contributed by atoms with van der Waals surface area (Å²) in [7, 11) is 0. The van der Waals surface area contributed by atoms with Crippen LogP contribution in [0.2, 0.25) is 0 Å². The number of esters is 1. The Hall–Kier alpha value is -2.61. The van der Waals surface area contributed by atoms with E-state index in [1.807, 2.05) is 25.1 Å². The molecule has 0 radical (unpaired) electrons. The maximum absolute atomic E-state index is 12.0. The van der Waals surface area contributed by atoms with E-state index in [2.05, 4.69) is 5.32 Å². The van der Waals surface area contributed by atoms with Gasteiger partial charge in [0.25, 0.3) is 0 Å². The van der Waals surface area contributed by atoms with Gasteiger partial charge in [-0.15, -0.1) is 0 Å². The molecule has 1 N–H and O–H groups in total. The largest absolute Gasteiger partial charge is 0.462 e. The summed E-state index contributed by atoms with van der Waals surface area (Å²) in [6.45, 7) is 5.31. The van der Waals surface area contributed by atoms with Crippen molar-refractivity contribution in [2.24, 2.45) is 0 Å². The molecule has 0 aliphatic heterocycles. The van der Waals surface area contributed by atoms with Crippen LogP contribution in [-0.2, 0) is 14.3 Å². The lowest BCUT2D eigenvalue weighted by atomic mass is 10.1. The number of anilines is 1. The van der Waals surface area contributed by atoms with Crippen molar-refractivity contribution in [2.75, 3.05) is 11.9 Å². The van der Waals surface area contributed by atoms with Crippen LogP contribution < -0.4 is 5.32 Å². The highest BCUT2D eigenvalue weighted by Crippen LogP contribution is 2.15. The third kappa shape index (κ3) is 4.77. The van der Waals surface area contributed by atoms with Crippen molar-refractivity contribution < 1.29 is 14.3 Å². The lowest BCUT2D eigenvalue weighted by Crippen LogP contribution is -2.15. The second-order valence-corrected chi connectivity index (χ2v) is 4.53. The highest BCUT2D eigenvalue weighted by atomic mass is 16.5. The first-order chi connectivity index (χ1) is 9.99. The number of hydrogen-bond acceptors (Lipinski definition) is 4. The molecule has 21 heavy (non-hydrogen) atoms. The molecule has 0 spiro atoms. The van der Waals surface area contributed by atoms with Crippen molar-refractivity contribution in [3.8, 4) is 6.07 Å². The van der Waals surface area contributed by atoms with Crippen molar-refractivity contribution in [2.45, 2.75) is 27.2 Å². The topological polar surface area (TPSA) is 79.2 Å². The number of rotatable bonds is 5. The molecular weight excluding hydrogens is 268 g/mol. The highest BCUT2D eigenvalue weighted by Gasteiger charge is 2.16. The van der Waals surface area contributed by atoms with Crippen LogP contribution in [0.25, 0.3) is 0 Å². The number of carbonyl (C=O) groups excluding carboxylic acids is 2. The van der Waals surface area contributed by atoms with Crippen molar-refractivity contribution >= 4 is 17.6 Å². The van der Waals surface area contributed by atoms with Gasteiger partial charge in [0, 0.05) is 12.1 Å². The van der Waals surface area contributed by atoms with Crippen LogP contribution in [0.4, 0.5) is 5.69 Å². The maximum atomic E-state index is 12.0. The molecule has 0 atom stereocenters. The third-order valence-electron chi connectivity index (χ3n) is 2.86. The van der Waals surface area contributed by atoms with E-state index in [4.69, 9.17) is 10.00 Å². The molecule has 5 nitrogen and oxygen atoms in total. The number of nitrogens with zero attached hydrogens (tertiary/aromatic N) is 1. The number of para-hydroxylation sites is 1. The Morgan fingerprint density at radius 2 is 2.00 bits per heavy atom. The molecule has 0 saturated heterocycles. The zero-order valence-electron chi connectivity index (χ0n) is 12.4. The lowest BCUT2D eigenvalue weighted by Gasteiger charge is -2.09. The Labute approximate surface area is 124 Å². The van der Waals surface area contributed by atoms with Gasteiger partial charge in [0.1, 0.15) is 11.6 Å². The Morgan fingerprint density at radius 3 is 2.57 bits per heavy atom. The van der Waals surface area contributed by atoms with Gasteiger partial charge in [-0.1, -0.05) is 18.2 Å². The third-order valence-corrected chi connectivity index (χ3v) is 2.86. The number of nitriles is 1. The summed E-state index contributed by atoms with van der Waals surface area (Å²) in [5.74, 6) is -0.972. The number of benzene rings is 1. The minimum atomic E-state index is -0.693. The van der Waals surface area contributed by atoms with Crippen molar-refractivity contribution in [3.63, 3.8) is 0 Å². The van der Waals surface area contributed by atoms with Crippen molar-refractivity contribution in [1.82, 2.24) is 0 Å². The molecule has 0 aliphatic rings. The molecule has 1 rings (SSSR count). The molecule has 1 aromatic rings. The van der Waals surface area contributed by atoms with Gasteiger partial charge in [-0.2, -0.15) is 5.26 Å². The number of amides is 1. The van der Waals surface area contributed by atoms with Crippen molar-refractivity contribution in [3.05, 3.63) is 41.0 Å². The van der Waals surface area contributed by atoms with Crippen LogP contribution in [0.5, 0.6) is 0 Å². The molecule has 0 unspecified atom stereocenters. The maximum Gasteiger partial charge on any atom is 0.348 e. The van der Waals surface area contributed by atoms with Gasteiger partial charge in [-0.3, -0.25) is 4.79 Å². The lowest BCUT2D eigenvalue weighted by molar-refractivity contribution is -0.138. The molecule has 110 valence electrons. The summed E-state index contributed by atoms with van der Waals surface area (Å²) in [6.07, 6.45) is -0.0317. The quantitative estimate of drug-likeness (QED) is 0.513. The van der Waals surface area contributed by atoms with E-state index in [0.29, 0.717) is 11.3 Å². The highest BCUT2D eigenvalue weighted by molar-refractivity contribution is 5.97. The molecule has 0 bridgehead atoms. The number of nitrogens with one attached hydrogen (secondary N) is 1. The molecule has 5 heteroatoms. The average molecular weight is 286 g/mol. The van der Waals surface area contributed by atoms with E-state index in [-0.39, 0.29) is 24.5 Å². The number of ether oxygens (including phenoxy) is 1. The molecule has 0 aromatic heterocycles. The average Bonchev–Trinajstić information content (AvgIpc) is 2.42. The standard InChI is InChI=1S/C16H18N2O3/c1-4-21-16(20)13(10-17)12(3)9-15(19)18-14-8-6-5-7-11(14)2/h5-8H,4,9H2,1-3H3,(H,18,19)/b13-12-. The van der Waals surface area contributed by atoms with Gasteiger partial charge in [-0.25, -0.2) is 4.79 Å². The molecule has 0 fully saturated rings. The zero-order valence-corrected chi connectivity index (χ0v) is 12.4. The van der Waals surface area contributed by atoms with E-state index in [1.165, 1.54) is 0 Å². The number of carbonyl (C=O) groups is 2. The van der Waals surface area contributed by atoms with Crippen LogP contribution in [0.3, 0.4) is 0 Å². The predicted octanol–water partition coefficient (Wildman–Crippen LogP) is 2.73. The summed E-state index contributed by atoms with van der Waals surface area (Å²) in [6, 6.07) is 9.18. The van der Waals surface area contributed by atoms with E-state index >= 15 is 0 Å². The first-order valence-electron chi connectivity index (χ1n) is 6.62. The van der Waals surface area contributed by atoms with Gasteiger partial charge >= 0.3 is 5.97 Å². The van der Waals surface area contributed by atoms with Gasteiger partial charge in [0.15, 0.2) is 0 Å². The normalized spacial score (nSPS) is 11.1. The minimum absolute atomic E-state index is 0.0317. The van der Waals surface area contributed by atoms with Crippen LogP contribution >= 0.6 is 0 Å². The number of hydrogen-bond donors (Lipinski definition) is 1. The zero-order chi connectivity index (χ0) is 15.8. The fourth-order valence-corrected chi connectivity index (χ4v) is 1.76. The van der Waals surface area contributed by atoms with Crippen LogP contribution in [0, 0.1) is 18.3 Å². The minimum Gasteiger partial charge on any atom is -0.462 e. The van der Waals surface area contributed by atoms with E-state index < -0.39 is 5.97 Å². The summed E-state index contributed by atoms with van der Waals surface area (Å²) < 4.78 is 4.78. The van der Waals surface area contributed by atoms with Gasteiger partial charge in [-0.05, 0) is 38.0 Å². The van der Waals surface area contributed by atoms with Gasteiger partial charge in [0.05, 0.1) is 6.61 Å². The summed E-state index contributed by atoms with van der Waals surface area (Å²) in [5, 5.41) is 11.8.